The van der Waals surface area contributed by atoms with Crippen LogP contribution in [0, 0.1) is 11.8 Å². The minimum atomic E-state index is -0.287. The highest BCUT2D eigenvalue weighted by molar-refractivity contribution is 5.96. The quantitative estimate of drug-likeness (QED) is 0.426. The van der Waals surface area contributed by atoms with Crippen molar-refractivity contribution in [1.82, 2.24) is 14.4 Å². The van der Waals surface area contributed by atoms with Crippen molar-refractivity contribution in [3.8, 4) is 5.75 Å². The third kappa shape index (κ3) is 6.50. The summed E-state index contributed by atoms with van der Waals surface area (Å²) < 4.78 is 8.66. The van der Waals surface area contributed by atoms with Crippen LogP contribution in [0.15, 0.2) is 48.7 Å². The van der Waals surface area contributed by atoms with Gasteiger partial charge in [-0.2, -0.15) is 0 Å². The highest BCUT2D eigenvalue weighted by Gasteiger charge is 2.32. The molecule has 1 aliphatic heterocycles. The molecule has 0 saturated heterocycles. The van der Waals surface area contributed by atoms with Gasteiger partial charge in [-0.3, -0.25) is 9.59 Å². The summed E-state index contributed by atoms with van der Waals surface area (Å²) >= 11 is 0. The number of aryl methyl sites for hydroxylation is 1. The average molecular weight is 547 g/mol. The molecule has 0 bridgehead atoms. The zero-order chi connectivity index (χ0) is 28.4. The topological polar surface area (TPSA) is 87.0 Å². The second-order valence-corrected chi connectivity index (χ2v) is 11.9. The van der Waals surface area contributed by atoms with Gasteiger partial charge in [-0.25, -0.2) is 0 Å². The Labute approximate surface area is 236 Å². The first-order chi connectivity index (χ1) is 19.2. The van der Waals surface area contributed by atoms with Gasteiger partial charge < -0.3 is 29.5 Å². The summed E-state index contributed by atoms with van der Waals surface area (Å²) in [4.78, 5) is 30.7. The standard InChI is InChI=1S/C32H42N4O4/c1-21-16-36(22(2)20-37)32(39)15-24-13-26(11-12-29(24)40-30(21)19-34(3)17-23-9-10-23)33-31(38)14-25-18-35(4)28-8-6-5-7-27(25)28/h5-8,11-13,18,21-23,30,37H,9-10,14-17,19-20H2,1-4H3,(H,33,38)/t21-,22+,30+/m1/s1. The van der Waals surface area contributed by atoms with Crippen LogP contribution in [0.3, 0.4) is 0 Å². The zero-order valence-corrected chi connectivity index (χ0v) is 24.1. The largest absolute Gasteiger partial charge is 0.488 e. The van der Waals surface area contributed by atoms with Gasteiger partial charge in [-0.05, 0) is 62.6 Å². The van der Waals surface area contributed by atoms with Gasteiger partial charge in [0.25, 0.3) is 0 Å². The number of amides is 2. The van der Waals surface area contributed by atoms with Crippen LogP contribution in [0.25, 0.3) is 10.9 Å². The molecule has 40 heavy (non-hydrogen) atoms. The Morgan fingerprint density at radius 2 is 1.98 bits per heavy atom. The molecule has 2 aromatic carbocycles. The van der Waals surface area contributed by atoms with E-state index in [9.17, 15) is 14.7 Å². The first-order valence-electron chi connectivity index (χ1n) is 14.4. The first-order valence-corrected chi connectivity index (χ1v) is 14.4. The van der Waals surface area contributed by atoms with Crippen molar-refractivity contribution in [2.45, 2.75) is 51.7 Å². The van der Waals surface area contributed by atoms with Gasteiger partial charge in [-0.15, -0.1) is 0 Å². The number of fused-ring (bicyclic) bond motifs is 2. The van der Waals surface area contributed by atoms with Crippen LogP contribution in [0.2, 0.25) is 0 Å². The van der Waals surface area contributed by atoms with E-state index >= 15 is 0 Å². The Morgan fingerprint density at radius 3 is 2.73 bits per heavy atom. The molecule has 1 fully saturated rings. The van der Waals surface area contributed by atoms with Crippen molar-refractivity contribution >= 4 is 28.4 Å². The fourth-order valence-corrected chi connectivity index (χ4v) is 5.79. The lowest BCUT2D eigenvalue weighted by molar-refractivity contribution is -0.134. The van der Waals surface area contributed by atoms with E-state index in [-0.39, 0.29) is 49.3 Å². The molecule has 2 N–H and O–H groups in total. The summed E-state index contributed by atoms with van der Waals surface area (Å²) in [5.74, 6) is 1.36. The van der Waals surface area contributed by atoms with E-state index < -0.39 is 0 Å². The van der Waals surface area contributed by atoms with Crippen LogP contribution in [-0.4, -0.2) is 76.7 Å². The van der Waals surface area contributed by atoms with Gasteiger partial charge in [0, 0.05) is 61.0 Å². The molecule has 0 spiro atoms. The van der Waals surface area contributed by atoms with Gasteiger partial charge >= 0.3 is 0 Å². The van der Waals surface area contributed by atoms with Gasteiger partial charge in [0.15, 0.2) is 0 Å². The smallest absolute Gasteiger partial charge is 0.228 e. The van der Waals surface area contributed by atoms with E-state index in [4.69, 9.17) is 4.74 Å². The summed E-state index contributed by atoms with van der Waals surface area (Å²) in [7, 11) is 4.12. The number of anilines is 1. The van der Waals surface area contributed by atoms with Crippen LogP contribution in [-0.2, 0) is 29.5 Å². The number of ether oxygens (including phenoxy) is 1. The number of hydrogen-bond donors (Lipinski definition) is 2. The van der Waals surface area contributed by atoms with Crippen LogP contribution in [0.4, 0.5) is 5.69 Å². The highest BCUT2D eigenvalue weighted by atomic mass is 16.5. The summed E-state index contributed by atoms with van der Waals surface area (Å²) in [5, 5.41) is 14.0. The normalized spacial score (nSPS) is 20.4. The first kappa shape index (κ1) is 28.2. The van der Waals surface area contributed by atoms with Crippen LogP contribution < -0.4 is 10.1 Å². The molecule has 214 valence electrons. The second-order valence-electron chi connectivity index (χ2n) is 11.9. The number of aromatic nitrogens is 1. The Hall–Kier alpha value is -3.36. The monoisotopic (exact) mass is 546 g/mol. The Bertz CT molecular complexity index is 1360. The molecular formula is C32H42N4O4. The van der Waals surface area contributed by atoms with Crippen molar-refractivity contribution in [2.75, 3.05) is 38.6 Å². The molecule has 8 nitrogen and oxygen atoms in total. The summed E-state index contributed by atoms with van der Waals surface area (Å²) in [6, 6.07) is 13.4. The average Bonchev–Trinajstić information content (AvgIpc) is 3.68. The minimum Gasteiger partial charge on any atom is -0.488 e. The number of rotatable bonds is 9. The van der Waals surface area contributed by atoms with E-state index in [0.717, 1.165) is 41.0 Å². The van der Waals surface area contributed by atoms with Gasteiger partial charge in [-0.1, -0.05) is 25.1 Å². The molecule has 1 aromatic heterocycles. The maximum atomic E-state index is 13.5. The minimum absolute atomic E-state index is 0.0514. The molecule has 3 aromatic rings. The van der Waals surface area contributed by atoms with Gasteiger partial charge in [0.05, 0.1) is 25.5 Å². The predicted octanol–water partition coefficient (Wildman–Crippen LogP) is 3.85. The molecule has 1 saturated carbocycles. The lowest BCUT2D eigenvalue weighted by Crippen LogP contribution is -2.47. The second kappa shape index (κ2) is 12.0. The number of hydrogen-bond acceptors (Lipinski definition) is 5. The maximum absolute atomic E-state index is 13.5. The molecule has 3 atom stereocenters. The Balaban J connectivity index is 1.37. The Kier molecular flexibility index (Phi) is 8.47. The molecular weight excluding hydrogens is 504 g/mol. The number of carbonyl (C=O) groups excluding carboxylic acids is 2. The zero-order valence-electron chi connectivity index (χ0n) is 24.1. The molecule has 2 amide bonds. The number of para-hydroxylation sites is 1. The van der Waals surface area contributed by atoms with Crippen molar-refractivity contribution in [3.63, 3.8) is 0 Å². The Morgan fingerprint density at radius 1 is 1.20 bits per heavy atom. The number of nitrogens with zero attached hydrogens (tertiary/aromatic N) is 3. The molecule has 0 radical (unpaired) electrons. The number of aliphatic hydroxyl groups excluding tert-OH is 1. The fraction of sp³-hybridized carbons (Fsp3) is 0.500. The molecule has 0 unspecified atom stereocenters. The third-order valence-corrected chi connectivity index (χ3v) is 8.29. The van der Waals surface area contributed by atoms with Crippen LogP contribution >= 0.6 is 0 Å². The van der Waals surface area contributed by atoms with E-state index in [1.807, 2.05) is 67.2 Å². The number of likely N-dealkylation sites (N-methyl/N-ethyl adjacent to an activating group) is 1. The molecule has 2 heterocycles. The van der Waals surface area contributed by atoms with Crippen molar-refractivity contribution < 1.29 is 19.4 Å². The fourth-order valence-electron chi connectivity index (χ4n) is 5.79. The van der Waals surface area contributed by atoms with Crippen molar-refractivity contribution in [1.29, 1.82) is 0 Å². The van der Waals surface area contributed by atoms with Crippen LogP contribution in [0.1, 0.15) is 37.8 Å². The number of aliphatic hydroxyl groups is 1. The third-order valence-electron chi connectivity index (χ3n) is 8.29. The van der Waals surface area contributed by atoms with E-state index in [1.54, 1.807) is 4.90 Å². The molecule has 5 rings (SSSR count). The lowest BCUT2D eigenvalue weighted by Gasteiger charge is -2.34. The molecule has 1 aliphatic carbocycles. The molecule has 8 heteroatoms. The highest BCUT2D eigenvalue weighted by Crippen LogP contribution is 2.32. The number of carbonyl (C=O) groups is 2. The van der Waals surface area contributed by atoms with Gasteiger partial charge in [0.1, 0.15) is 11.9 Å². The summed E-state index contributed by atoms with van der Waals surface area (Å²) in [6.45, 7) is 6.23. The van der Waals surface area contributed by atoms with Crippen molar-refractivity contribution in [2.24, 2.45) is 18.9 Å². The van der Waals surface area contributed by atoms with E-state index in [1.165, 1.54) is 12.8 Å². The number of benzene rings is 2. The maximum Gasteiger partial charge on any atom is 0.228 e. The van der Waals surface area contributed by atoms with E-state index in [0.29, 0.717) is 18.0 Å². The summed E-state index contributed by atoms with van der Waals surface area (Å²) in [6.07, 6.45) is 4.86. The van der Waals surface area contributed by atoms with Gasteiger partial charge in [0.2, 0.25) is 11.8 Å². The SMILES string of the molecule is C[C@@H]1CN([C@@H](C)CO)C(=O)Cc2cc(NC(=O)Cc3cn(C)c4ccccc34)ccc2O[C@H]1CN(C)CC1CC1. The summed E-state index contributed by atoms with van der Waals surface area (Å²) in [5.41, 5.74) is 3.44. The number of nitrogens with one attached hydrogen (secondary N) is 1. The van der Waals surface area contributed by atoms with Crippen molar-refractivity contribution in [3.05, 3.63) is 59.8 Å². The lowest BCUT2D eigenvalue weighted by atomic mass is 10.0. The predicted molar refractivity (Wildman–Crippen MR) is 157 cm³/mol. The van der Waals surface area contributed by atoms with E-state index in [2.05, 4.69) is 24.2 Å². The molecule has 2 aliphatic rings. The van der Waals surface area contributed by atoms with Crippen LogP contribution in [0.5, 0.6) is 5.75 Å².